The van der Waals surface area contributed by atoms with Crippen LogP contribution in [0.1, 0.15) is 6.92 Å². The summed E-state index contributed by atoms with van der Waals surface area (Å²) >= 11 is 5.63. The first-order valence-electron chi connectivity index (χ1n) is 5.53. The summed E-state index contributed by atoms with van der Waals surface area (Å²) in [6.45, 7) is 1.90. The van der Waals surface area contributed by atoms with Gasteiger partial charge in [0.25, 0.3) is 5.91 Å². The van der Waals surface area contributed by atoms with E-state index in [9.17, 15) is 14.0 Å². The molecule has 0 saturated carbocycles. The van der Waals surface area contributed by atoms with E-state index in [-0.39, 0.29) is 11.6 Å². The number of nitrogens with zero attached hydrogens (tertiary/aromatic N) is 1. The molecule has 0 fully saturated rings. The Morgan fingerprint density at radius 1 is 1.42 bits per heavy atom. The number of likely N-dealkylation sites (N-methyl/N-ethyl adjacent to an activating group) is 1. The Hall–Kier alpha value is -1.88. The molecule has 0 atom stereocenters. The number of carbonyl (C=O) groups is 2. The number of carbonyl (C=O) groups excluding carboxylic acids is 2. The molecule has 1 rings (SSSR count). The molecule has 102 valence electrons. The molecule has 1 aromatic carbocycles. The second kappa shape index (κ2) is 6.89. The van der Waals surface area contributed by atoms with E-state index in [1.807, 2.05) is 0 Å². The van der Waals surface area contributed by atoms with Gasteiger partial charge in [0.15, 0.2) is 0 Å². The standard InChI is InChI=1S/C13H13ClFNO3/c1-3-19-13(18)7-6-12(17)16(2)9-4-5-11(15)10(14)8-9/h4-8H,3H2,1-2H3/b7-6+. The Morgan fingerprint density at radius 3 is 2.68 bits per heavy atom. The molecule has 0 aliphatic rings. The van der Waals surface area contributed by atoms with Gasteiger partial charge in [0.2, 0.25) is 0 Å². The fraction of sp³-hybridized carbons (Fsp3) is 0.231. The number of hydrogen-bond donors (Lipinski definition) is 0. The zero-order valence-corrected chi connectivity index (χ0v) is 11.3. The lowest BCUT2D eigenvalue weighted by Crippen LogP contribution is -2.24. The molecule has 0 N–H and O–H groups in total. The van der Waals surface area contributed by atoms with Crippen LogP contribution in [0.4, 0.5) is 10.1 Å². The number of rotatable bonds is 4. The first kappa shape index (κ1) is 15.2. The number of anilines is 1. The Kier molecular flexibility index (Phi) is 5.51. The highest BCUT2D eigenvalue weighted by atomic mass is 35.5. The molecular weight excluding hydrogens is 273 g/mol. The first-order valence-corrected chi connectivity index (χ1v) is 5.91. The van der Waals surface area contributed by atoms with Crippen LogP contribution in [-0.4, -0.2) is 25.5 Å². The number of ether oxygens (including phenoxy) is 1. The smallest absolute Gasteiger partial charge is 0.330 e. The van der Waals surface area contributed by atoms with Crippen molar-refractivity contribution >= 4 is 29.2 Å². The molecular formula is C13H13ClFNO3. The Balaban J connectivity index is 2.76. The quantitative estimate of drug-likeness (QED) is 0.631. The molecule has 0 saturated heterocycles. The zero-order chi connectivity index (χ0) is 14.4. The molecule has 0 heterocycles. The second-order valence-corrected chi connectivity index (χ2v) is 3.99. The van der Waals surface area contributed by atoms with Gasteiger partial charge >= 0.3 is 5.97 Å². The first-order chi connectivity index (χ1) is 8.95. The van der Waals surface area contributed by atoms with Crippen molar-refractivity contribution in [3.8, 4) is 0 Å². The highest BCUT2D eigenvalue weighted by molar-refractivity contribution is 6.31. The summed E-state index contributed by atoms with van der Waals surface area (Å²) in [6, 6.07) is 3.90. The van der Waals surface area contributed by atoms with Crippen molar-refractivity contribution in [2.24, 2.45) is 0 Å². The van der Waals surface area contributed by atoms with Gasteiger partial charge in [-0.15, -0.1) is 0 Å². The monoisotopic (exact) mass is 285 g/mol. The van der Waals surface area contributed by atoms with Crippen molar-refractivity contribution < 1.29 is 18.7 Å². The van der Waals surface area contributed by atoms with Gasteiger partial charge in [-0.3, -0.25) is 4.79 Å². The van der Waals surface area contributed by atoms with Crippen LogP contribution in [0.25, 0.3) is 0 Å². The fourth-order valence-electron chi connectivity index (χ4n) is 1.26. The van der Waals surface area contributed by atoms with Crippen molar-refractivity contribution in [3.63, 3.8) is 0 Å². The van der Waals surface area contributed by atoms with Crippen molar-refractivity contribution in [1.82, 2.24) is 0 Å². The molecule has 4 nitrogen and oxygen atoms in total. The van der Waals surface area contributed by atoms with Crippen molar-refractivity contribution in [2.45, 2.75) is 6.92 Å². The summed E-state index contributed by atoms with van der Waals surface area (Å²) < 4.78 is 17.6. The van der Waals surface area contributed by atoms with Gasteiger partial charge in [0.1, 0.15) is 5.82 Å². The van der Waals surface area contributed by atoms with Crippen LogP contribution in [0.15, 0.2) is 30.4 Å². The molecule has 0 spiro atoms. The number of amides is 1. The fourth-order valence-corrected chi connectivity index (χ4v) is 1.44. The SMILES string of the molecule is CCOC(=O)/C=C/C(=O)N(C)c1ccc(F)c(Cl)c1. The number of esters is 1. The van der Waals surface area contributed by atoms with Crippen LogP contribution in [0.3, 0.4) is 0 Å². The van der Waals surface area contributed by atoms with E-state index >= 15 is 0 Å². The number of hydrogen-bond acceptors (Lipinski definition) is 3. The molecule has 0 aromatic heterocycles. The van der Waals surface area contributed by atoms with E-state index in [0.29, 0.717) is 5.69 Å². The van der Waals surface area contributed by atoms with E-state index < -0.39 is 17.7 Å². The average molecular weight is 286 g/mol. The van der Waals surface area contributed by atoms with E-state index in [2.05, 4.69) is 4.74 Å². The largest absolute Gasteiger partial charge is 0.463 e. The molecule has 0 aliphatic heterocycles. The average Bonchev–Trinajstić information content (AvgIpc) is 2.38. The molecule has 19 heavy (non-hydrogen) atoms. The second-order valence-electron chi connectivity index (χ2n) is 3.58. The van der Waals surface area contributed by atoms with Crippen molar-refractivity contribution in [2.75, 3.05) is 18.6 Å². The Bertz CT molecular complexity index is 517. The zero-order valence-electron chi connectivity index (χ0n) is 10.5. The summed E-state index contributed by atoms with van der Waals surface area (Å²) in [5.74, 6) is -1.61. The molecule has 1 aromatic rings. The maximum absolute atomic E-state index is 13.0. The predicted octanol–water partition coefficient (Wildman–Crippen LogP) is 2.56. The lowest BCUT2D eigenvalue weighted by atomic mass is 10.3. The van der Waals surface area contributed by atoms with Gasteiger partial charge in [-0.25, -0.2) is 9.18 Å². The lowest BCUT2D eigenvalue weighted by molar-refractivity contribution is -0.137. The third-order valence-corrected chi connectivity index (χ3v) is 2.56. The molecule has 6 heteroatoms. The van der Waals surface area contributed by atoms with Crippen LogP contribution < -0.4 is 4.90 Å². The Morgan fingerprint density at radius 2 is 2.11 bits per heavy atom. The van der Waals surface area contributed by atoms with Crippen molar-refractivity contribution in [3.05, 3.63) is 41.2 Å². The minimum Gasteiger partial charge on any atom is -0.463 e. The summed E-state index contributed by atoms with van der Waals surface area (Å²) in [5, 5.41) is -0.0773. The van der Waals surface area contributed by atoms with Gasteiger partial charge in [-0.2, -0.15) is 0 Å². The third kappa shape index (κ3) is 4.37. The van der Waals surface area contributed by atoms with Crippen LogP contribution in [0.2, 0.25) is 5.02 Å². The summed E-state index contributed by atoms with van der Waals surface area (Å²) in [6.07, 6.45) is 2.11. The van der Waals surface area contributed by atoms with Crippen LogP contribution in [-0.2, 0) is 14.3 Å². The lowest BCUT2D eigenvalue weighted by Gasteiger charge is -2.15. The maximum atomic E-state index is 13.0. The molecule has 1 amide bonds. The van der Waals surface area contributed by atoms with Crippen molar-refractivity contribution in [1.29, 1.82) is 0 Å². The summed E-state index contributed by atoms with van der Waals surface area (Å²) in [7, 11) is 1.49. The van der Waals surface area contributed by atoms with Gasteiger partial charge in [-0.05, 0) is 25.1 Å². The minimum absolute atomic E-state index is 0.0773. The predicted molar refractivity (Wildman–Crippen MR) is 70.6 cm³/mol. The van der Waals surface area contributed by atoms with E-state index in [4.69, 9.17) is 11.6 Å². The van der Waals surface area contributed by atoms with Gasteiger partial charge < -0.3 is 9.64 Å². The number of benzene rings is 1. The topological polar surface area (TPSA) is 46.6 Å². The minimum atomic E-state index is -0.596. The highest BCUT2D eigenvalue weighted by Crippen LogP contribution is 2.21. The van der Waals surface area contributed by atoms with Crippen LogP contribution >= 0.6 is 11.6 Å². The van der Waals surface area contributed by atoms with Gasteiger partial charge in [0.05, 0.1) is 11.6 Å². The molecule has 0 aliphatic carbocycles. The summed E-state index contributed by atoms with van der Waals surface area (Å²) in [4.78, 5) is 24.0. The molecule has 0 unspecified atom stereocenters. The number of halogens is 2. The van der Waals surface area contributed by atoms with E-state index in [1.165, 1.54) is 24.1 Å². The van der Waals surface area contributed by atoms with E-state index in [1.54, 1.807) is 6.92 Å². The normalized spacial score (nSPS) is 10.5. The molecule has 0 radical (unpaired) electrons. The van der Waals surface area contributed by atoms with E-state index in [0.717, 1.165) is 18.2 Å². The highest BCUT2D eigenvalue weighted by Gasteiger charge is 2.10. The van der Waals surface area contributed by atoms with Crippen LogP contribution in [0.5, 0.6) is 0 Å². The van der Waals surface area contributed by atoms with Gasteiger partial charge in [-0.1, -0.05) is 11.6 Å². The molecule has 0 bridgehead atoms. The Labute approximate surface area is 115 Å². The summed E-state index contributed by atoms with van der Waals surface area (Å²) in [5.41, 5.74) is 0.421. The van der Waals surface area contributed by atoms with Gasteiger partial charge in [0, 0.05) is 24.9 Å². The maximum Gasteiger partial charge on any atom is 0.330 e. The van der Waals surface area contributed by atoms with Crippen LogP contribution in [0, 0.1) is 5.82 Å². The third-order valence-electron chi connectivity index (χ3n) is 2.27.